The van der Waals surface area contributed by atoms with Crippen molar-refractivity contribution in [1.82, 2.24) is 10.2 Å². The molecule has 7 nitrogen and oxygen atoms in total. The first kappa shape index (κ1) is 17.9. The topological polar surface area (TPSA) is 98.7 Å². The van der Waals surface area contributed by atoms with Crippen LogP contribution in [0.4, 0.5) is 5.69 Å². The average molecular weight is 333 g/mol. The lowest BCUT2D eigenvalue weighted by molar-refractivity contribution is -0.145. The molecule has 2 rings (SSSR count). The standard InChI is InChI=1S/C17H23N3O4/c1-2-18-16(22)12-6-5-7-13(10-12)19-15(21)11-20-9-4-3-8-14(20)17(23)24/h5-7,10,14H,2-4,8-9,11H2,1H3,(H,18,22)(H,19,21)(H,23,24). The molecule has 0 aliphatic carbocycles. The van der Waals surface area contributed by atoms with E-state index in [0.717, 1.165) is 12.8 Å². The fourth-order valence-electron chi connectivity index (χ4n) is 2.85. The van der Waals surface area contributed by atoms with Crippen LogP contribution in [-0.4, -0.2) is 53.5 Å². The number of nitrogens with one attached hydrogen (secondary N) is 2. The van der Waals surface area contributed by atoms with Gasteiger partial charge in [-0.3, -0.25) is 19.3 Å². The highest BCUT2D eigenvalue weighted by Crippen LogP contribution is 2.17. The molecule has 1 saturated heterocycles. The van der Waals surface area contributed by atoms with Crippen molar-refractivity contribution >= 4 is 23.5 Å². The molecule has 24 heavy (non-hydrogen) atoms. The molecule has 130 valence electrons. The molecule has 2 amide bonds. The molecule has 0 spiro atoms. The minimum Gasteiger partial charge on any atom is -0.480 e. The summed E-state index contributed by atoms with van der Waals surface area (Å²) in [6.07, 6.45) is 2.32. The fourth-order valence-corrected chi connectivity index (χ4v) is 2.85. The zero-order valence-electron chi connectivity index (χ0n) is 13.7. The van der Waals surface area contributed by atoms with E-state index < -0.39 is 12.0 Å². The van der Waals surface area contributed by atoms with Gasteiger partial charge >= 0.3 is 5.97 Å². The second-order valence-corrected chi connectivity index (χ2v) is 5.81. The van der Waals surface area contributed by atoms with E-state index in [9.17, 15) is 19.5 Å². The predicted molar refractivity (Wildman–Crippen MR) is 89.9 cm³/mol. The minimum atomic E-state index is -0.888. The first-order chi connectivity index (χ1) is 11.5. The smallest absolute Gasteiger partial charge is 0.320 e. The highest BCUT2D eigenvalue weighted by atomic mass is 16.4. The molecule has 0 aromatic heterocycles. The highest BCUT2D eigenvalue weighted by molar-refractivity contribution is 5.97. The van der Waals surface area contributed by atoms with Crippen molar-refractivity contribution in [1.29, 1.82) is 0 Å². The number of carboxylic acids is 1. The van der Waals surface area contributed by atoms with E-state index in [0.29, 0.717) is 30.8 Å². The number of carboxylic acid groups (broad SMARTS) is 1. The Morgan fingerprint density at radius 1 is 1.29 bits per heavy atom. The van der Waals surface area contributed by atoms with Crippen molar-refractivity contribution < 1.29 is 19.5 Å². The number of carbonyl (C=O) groups excluding carboxylic acids is 2. The van der Waals surface area contributed by atoms with Crippen molar-refractivity contribution in [2.24, 2.45) is 0 Å². The van der Waals surface area contributed by atoms with Crippen LogP contribution in [0.3, 0.4) is 0 Å². The van der Waals surface area contributed by atoms with E-state index in [4.69, 9.17) is 0 Å². The SMILES string of the molecule is CCNC(=O)c1cccc(NC(=O)CN2CCCCC2C(=O)O)c1. The quantitative estimate of drug-likeness (QED) is 0.729. The van der Waals surface area contributed by atoms with Crippen LogP contribution in [0.5, 0.6) is 0 Å². The number of hydrogen-bond acceptors (Lipinski definition) is 4. The van der Waals surface area contributed by atoms with E-state index in [2.05, 4.69) is 10.6 Å². The van der Waals surface area contributed by atoms with Crippen molar-refractivity contribution in [3.05, 3.63) is 29.8 Å². The summed E-state index contributed by atoms with van der Waals surface area (Å²) >= 11 is 0. The van der Waals surface area contributed by atoms with Crippen molar-refractivity contribution in [3.8, 4) is 0 Å². The number of aliphatic carboxylic acids is 1. The van der Waals surface area contributed by atoms with Gasteiger partial charge in [0.15, 0.2) is 0 Å². The lowest BCUT2D eigenvalue weighted by Gasteiger charge is -2.32. The number of rotatable bonds is 6. The largest absolute Gasteiger partial charge is 0.480 e. The Balaban J connectivity index is 1.98. The predicted octanol–water partition coefficient (Wildman–Crippen LogP) is 1.31. The Hall–Kier alpha value is -2.41. The third-order valence-corrected chi connectivity index (χ3v) is 3.99. The summed E-state index contributed by atoms with van der Waals surface area (Å²) in [5, 5.41) is 14.7. The maximum Gasteiger partial charge on any atom is 0.320 e. The van der Waals surface area contributed by atoms with Gasteiger partial charge in [0.2, 0.25) is 5.91 Å². The van der Waals surface area contributed by atoms with Crippen LogP contribution >= 0.6 is 0 Å². The first-order valence-corrected chi connectivity index (χ1v) is 8.16. The van der Waals surface area contributed by atoms with Gasteiger partial charge in [0, 0.05) is 17.8 Å². The molecule has 1 unspecified atom stereocenters. The van der Waals surface area contributed by atoms with Crippen LogP contribution in [0.1, 0.15) is 36.5 Å². The molecule has 1 aliphatic heterocycles. The lowest BCUT2D eigenvalue weighted by atomic mass is 10.0. The number of hydrogen-bond donors (Lipinski definition) is 3. The van der Waals surface area contributed by atoms with E-state index in [1.807, 2.05) is 6.92 Å². The molecule has 1 fully saturated rings. The Labute approximate surface area is 141 Å². The minimum absolute atomic E-state index is 0.0301. The number of amides is 2. The number of likely N-dealkylation sites (tertiary alicyclic amines) is 1. The normalized spacial score (nSPS) is 18.0. The maximum absolute atomic E-state index is 12.2. The summed E-state index contributed by atoms with van der Waals surface area (Å²) in [7, 11) is 0. The van der Waals surface area contributed by atoms with Crippen molar-refractivity contribution in [2.75, 3.05) is 25.0 Å². The van der Waals surface area contributed by atoms with Gasteiger partial charge in [-0.2, -0.15) is 0 Å². The second kappa shape index (κ2) is 8.44. The maximum atomic E-state index is 12.2. The molecule has 3 N–H and O–H groups in total. The third kappa shape index (κ3) is 4.79. The highest BCUT2D eigenvalue weighted by Gasteiger charge is 2.29. The van der Waals surface area contributed by atoms with Crippen LogP contribution < -0.4 is 10.6 Å². The Kier molecular flexibility index (Phi) is 6.31. The van der Waals surface area contributed by atoms with Gasteiger partial charge in [0.1, 0.15) is 6.04 Å². The summed E-state index contributed by atoms with van der Waals surface area (Å²) in [6.45, 7) is 2.99. The number of anilines is 1. The average Bonchev–Trinajstić information content (AvgIpc) is 2.55. The van der Waals surface area contributed by atoms with Crippen LogP contribution in [0.25, 0.3) is 0 Å². The molecular weight excluding hydrogens is 310 g/mol. The number of nitrogens with zero attached hydrogens (tertiary/aromatic N) is 1. The zero-order valence-corrected chi connectivity index (χ0v) is 13.7. The lowest BCUT2D eigenvalue weighted by Crippen LogP contribution is -2.47. The molecule has 1 aliphatic rings. The van der Waals surface area contributed by atoms with Crippen LogP contribution in [-0.2, 0) is 9.59 Å². The summed E-state index contributed by atoms with van der Waals surface area (Å²) in [6, 6.07) is 6.07. The molecule has 0 radical (unpaired) electrons. The summed E-state index contributed by atoms with van der Waals surface area (Å²) < 4.78 is 0. The molecule has 0 bridgehead atoms. The van der Waals surface area contributed by atoms with Crippen molar-refractivity contribution in [3.63, 3.8) is 0 Å². The third-order valence-electron chi connectivity index (χ3n) is 3.99. The Bertz CT molecular complexity index is 618. The monoisotopic (exact) mass is 333 g/mol. The second-order valence-electron chi connectivity index (χ2n) is 5.81. The molecule has 7 heteroatoms. The summed E-state index contributed by atoms with van der Waals surface area (Å²) in [5.74, 6) is -1.37. The van der Waals surface area contributed by atoms with Gasteiger partial charge in [-0.1, -0.05) is 12.5 Å². The van der Waals surface area contributed by atoms with Gasteiger partial charge in [0.05, 0.1) is 6.54 Å². The number of carbonyl (C=O) groups is 3. The molecular formula is C17H23N3O4. The van der Waals surface area contributed by atoms with Crippen molar-refractivity contribution in [2.45, 2.75) is 32.2 Å². The molecule has 1 aromatic rings. The molecule has 1 heterocycles. The van der Waals surface area contributed by atoms with Gasteiger partial charge in [0.25, 0.3) is 5.91 Å². The molecule has 1 aromatic carbocycles. The van der Waals surface area contributed by atoms with Gasteiger partial charge < -0.3 is 15.7 Å². The summed E-state index contributed by atoms with van der Waals surface area (Å²) in [4.78, 5) is 37.0. The Morgan fingerprint density at radius 3 is 2.79 bits per heavy atom. The van der Waals surface area contributed by atoms with E-state index in [-0.39, 0.29) is 18.4 Å². The number of benzene rings is 1. The Morgan fingerprint density at radius 2 is 2.08 bits per heavy atom. The van der Waals surface area contributed by atoms with Crippen LogP contribution in [0, 0.1) is 0 Å². The fraction of sp³-hybridized carbons (Fsp3) is 0.471. The number of piperidine rings is 1. The van der Waals surface area contributed by atoms with Gasteiger partial charge in [-0.15, -0.1) is 0 Å². The van der Waals surface area contributed by atoms with E-state index >= 15 is 0 Å². The molecule has 1 atom stereocenters. The summed E-state index contributed by atoms with van der Waals surface area (Å²) in [5.41, 5.74) is 0.990. The van der Waals surface area contributed by atoms with E-state index in [1.165, 1.54) is 0 Å². The van der Waals surface area contributed by atoms with Crippen LogP contribution in [0.2, 0.25) is 0 Å². The van der Waals surface area contributed by atoms with Gasteiger partial charge in [-0.05, 0) is 44.5 Å². The zero-order chi connectivity index (χ0) is 17.5. The van der Waals surface area contributed by atoms with Gasteiger partial charge in [-0.25, -0.2) is 0 Å². The first-order valence-electron chi connectivity index (χ1n) is 8.16. The molecule has 0 saturated carbocycles. The van der Waals surface area contributed by atoms with Crippen LogP contribution in [0.15, 0.2) is 24.3 Å². The van der Waals surface area contributed by atoms with E-state index in [1.54, 1.807) is 29.2 Å².